The van der Waals surface area contributed by atoms with Gasteiger partial charge in [-0.1, -0.05) is 66.2 Å². The first-order valence-electron chi connectivity index (χ1n) is 7.50. The summed E-state index contributed by atoms with van der Waals surface area (Å²) in [5.74, 6) is 0. The molecule has 2 aliphatic rings. The van der Waals surface area contributed by atoms with E-state index in [2.05, 4.69) is 81.4 Å². The second-order valence-electron chi connectivity index (χ2n) is 7.25. The fourth-order valence-electron chi connectivity index (χ4n) is 2.81. The van der Waals surface area contributed by atoms with Crippen molar-refractivity contribution in [3.8, 4) is 0 Å². The molecule has 0 atom stereocenters. The summed E-state index contributed by atoms with van der Waals surface area (Å²) in [6.07, 6.45) is 6.87. The van der Waals surface area contributed by atoms with Gasteiger partial charge in [-0.15, -0.1) is 13.8 Å². The van der Waals surface area contributed by atoms with Gasteiger partial charge in [-0.05, 0) is 0 Å². The van der Waals surface area contributed by atoms with Crippen LogP contribution in [0.4, 0.5) is 0 Å². The molecule has 21 heavy (non-hydrogen) atoms. The molecule has 0 aliphatic heterocycles. The van der Waals surface area contributed by atoms with Gasteiger partial charge in [-0.2, -0.15) is 22.3 Å². The number of allylic oxidation sites excluding steroid dienone is 8. The maximum atomic E-state index is 3.44. The van der Waals surface area contributed by atoms with Gasteiger partial charge >= 0.3 is 22.4 Å². The van der Waals surface area contributed by atoms with Crippen molar-refractivity contribution in [3.05, 3.63) is 45.6 Å². The Morgan fingerprint density at radius 1 is 0.619 bits per heavy atom. The zero-order chi connectivity index (χ0) is 15.9. The fourth-order valence-corrected chi connectivity index (χ4v) is 2.81. The minimum absolute atomic E-state index is 0. The van der Waals surface area contributed by atoms with Gasteiger partial charge in [0.2, 0.25) is 0 Å². The van der Waals surface area contributed by atoms with Gasteiger partial charge in [0.05, 0.1) is 0 Å². The van der Waals surface area contributed by atoms with Crippen molar-refractivity contribution in [2.45, 2.75) is 69.2 Å². The number of hydrogen-bond donors (Lipinski definition) is 0. The summed E-state index contributed by atoms with van der Waals surface area (Å²) >= 11 is 0. The van der Waals surface area contributed by atoms with Crippen molar-refractivity contribution >= 4 is 0 Å². The zero-order valence-electron chi connectivity index (χ0n) is 18.4. The van der Waals surface area contributed by atoms with Crippen LogP contribution in [0.3, 0.4) is 0 Å². The van der Waals surface area contributed by atoms with Crippen molar-refractivity contribution in [3.63, 3.8) is 0 Å². The Hall–Kier alpha value is -0.300. The van der Waals surface area contributed by atoms with E-state index in [1.165, 1.54) is 33.4 Å². The standard InChI is InChI=1S/2C10H15.Ta.3H/c2*1-7-6-10(4,5)9(3)8(7)2;;;;/h2*1-5H3;;;;/q2*-1;+5;3*-1. The van der Waals surface area contributed by atoms with Crippen molar-refractivity contribution in [2.24, 2.45) is 10.8 Å². The largest absolute Gasteiger partial charge is 5.00 e. The van der Waals surface area contributed by atoms with Gasteiger partial charge in [0, 0.05) is 0 Å². The molecule has 0 amide bonds. The molecule has 2 rings (SSSR count). The molecule has 0 aromatic heterocycles. The minimum atomic E-state index is 0. The molecule has 0 fully saturated rings. The molecule has 0 heterocycles. The molecule has 1 heteroatoms. The second kappa shape index (κ2) is 6.86. The van der Waals surface area contributed by atoms with E-state index in [-0.39, 0.29) is 37.5 Å². The molecule has 118 valence electrons. The number of hydrogen-bond acceptors (Lipinski definition) is 0. The second-order valence-corrected chi connectivity index (χ2v) is 7.25. The minimum Gasteiger partial charge on any atom is -1.00 e. The van der Waals surface area contributed by atoms with E-state index < -0.39 is 0 Å². The van der Waals surface area contributed by atoms with Crippen LogP contribution in [-0.4, -0.2) is 0 Å². The Kier molecular flexibility index (Phi) is 6.76. The average Bonchev–Trinajstić information content (AvgIpc) is 2.60. The topological polar surface area (TPSA) is 0 Å². The van der Waals surface area contributed by atoms with Crippen LogP contribution in [0.5, 0.6) is 0 Å². The SMILES string of the molecule is CC1=[C-]C(C)(C)C(C)=C1C.CC1=[C-]C(C)(C)C(C)=C1C.[H-].[H-].[H-].[Ta+5]. The molecule has 0 bridgehead atoms. The van der Waals surface area contributed by atoms with Gasteiger partial charge in [-0.3, -0.25) is 12.2 Å². The molecule has 0 aromatic rings. The molecular weight excluding hydrogens is 421 g/mol. The monoisotopic (exact) mass is 454 g/mol. The molecule has 0 unspecified atom stereocenters. The van der Waals surface area contributed by atoms with Crippen LogP contribution in [0.15, 0.2) is 33.4 Å². The van der Waals surface area contributed by atoms with Crippen molar-refractivity contribution in [1.82, 2.24) is 0 Å². The zero-order valence-corrected chi connectivity index (χ0v) is 18.7. The third-order valence-corrected chi connectivity index (χ3v) is 5.12. The summed E-state index contributed by atoms with van der Waals surface area (Å²) < 4.78 is 0. The molecule has 0 spiro atoms. The Morgan fingerprint density at radius 2 is 0.857 bits per heavy atom. The summed E-state index contributed by atoms with van der Waals surface area (Å²) in [5.41, 5.74) is 8.79. The summed E-state index contributed by atoms with van der Waals surface area (Å²) in [6, 6.07) is 0. The third-order valence-electron chi connectivity index (χ3n) is 5.12. The van der Waals surface area contributed by atoms with Crippen molar-refractivity contribution in [1.29, 1.82) is 0 Å². The van der Waals surface area contributed by atoms with Gasteiger partial charge in [0.1, 0.15) is 0 Å². The van der Waals surface area contributed by atoms with E-state index in [0.717, 1.165) is 0 Å². The molecule has 0 saturated carbocycles. The first-order valence-corrected chi connectivity index (χ1v) is 7.50. The molecule has 0 nitrogen and oxygen atoms in total. The van der Waals surface area contributed by atoms with E-state index in [0.29, 0.717) is 0 Å². The van der Waals surface area contributed by atoms with Gasteiger partial charge < -0.3 is 4.28 Å². The Bertz CT molecular complexity index is 497. The maximum absolute atomic E-state index is 3.44. The Labute approximate surface area is 152 Å². The van der Waals surface area contributed by atoms with Crippen LogP contribution in [-0.2, 0) is 22.4 Å². The van der Waals surface area contributed by atoms with Crippen LogP contribution in [0.2, 0.25) is 0 Å². The van der Waals surface area contributed by atoms with Crippen molar-refractivity contribution < 1.29 is 26.7 Å². The van der Waals surface area contributed by atoms with Crippen molar-refractivity contribution in [2.75, 3.05) is 0 Å². The van der Waals surface area contributed by atoms with Crippen LogP contribution in [0.1, 0.15) is 73.5 Å². The average molecular weight is 454 g/mol. The predicted octanol–water partition coefficient (Wildman–Crippen LogP) is 6.56. The van der Waals surface area contributed by atoms with Gasteiger partial charge in [0.15, 0.2) is 0 Å². The van der Waals surface area contributed by atoms with E-state index in [4.69, 9.17) is 0 Å². The summed E-state index contributed by atoms with van der Waals surface area (Å²) in [4.78, 5) is 0. The summed E-state index contributed by atoms with van der Waals surface area (Å²) in [7, 11) is 0. The first-order chi connectivity index (χ1) is 8.90. The van der Waals surface area contributed by atoms with Crippen LogP contribution >= 0.6 is 0 Å². The summed E-state index contributed by atoms with van der Waals surface area (Å²) in [5, 5.41) is 0. The molecule has 0 radical (unpaired) electrons. The molecule has 2 aliphatic carbocycles. The van der Waals surface area contributed by atoms with E-state index in [1.54, 1.807) is 0 Å². The number of rotatable bonds is 0. The van der Waals surface area contributed by atoms with Crippen LogP contribution in [0.25, 0.3) is 0 Å². The molecule has 0 N–H and O–H groups in total. The van der Waals surface area contributed by atoms with E-state index in [1.807, 2.05) is 0 Å². The maximum Gasteiger partial charge on any atom is 5.00 e. The third kappa shape index (κ3) is 4.34. The quantitative estimate of drug-likeness (QED) is 0.364. The Morgan fingerprint density at radius 3 is 0.905 bits per heavy atom. The molecule has 0 aromatic carbocycles. The fraction of sp³-hybridized carbons (Fsp3) is 0.600. The van der Waals surface area contributed by atoms with Gasteiger partial charge in [0.25, 0.3) is 0 Å². The molecular formula is C20H33Ta. The smallest absolute Gasteiger partial charge is 1.00 e. The Balaban J connectivity index is -0.000000143. The van der Waals surface area contributed by atoms with E-state index >= 15 is 0 Å². The normalized spacial score (nSPS) is 22.4. The van der Waals surface area contributed by atoms with Gasteiger partial charge in [-0.25, -0.2) is 11.1 Å². The first kappa shape index (κ1) is 20.7. The van der Waals surface area contributed by atoms with Crippen LogP contribution in [0, 0.1) is 23.0 Å². The van der Waals surface area contributed by atoms with E-state index in [9.17, 15) is 0 Å². The summed E-state index contributed by atoms with van der Waals surface area (Å²) in [6.45, 7) is 21.8. The molecule has 0 saturated heterocycles. The van der Waals surface area contributed by atoms with Crippen LogP contribution < -0.4 is 0 Å². The predicted molar refractivity (Wildman–Crippen MR) is 92.5 cm³/mol.